The standard InChI is InChI=1S/C22H19N2O5P/c25-19(22(26)27)13-17-3-1-2-4-20(17)29-14-18-9-11-23-21(24-18)16-7-5-15(6-8-16)10-12-30-28/h1-9,11,19,25H,10,13-14H2,(H,26,27). The number of aliphatic hydroxyl groups excluding tert-OH is 1. The van der Waals surface area contributed by atoms with Crippen molar-refractivity contribution in [1.82, 2.24) is 9.97 Å². The molecule has 1 aromatic heterocycles. The predicted molar refractivity (Wildman–Crippen MR) is 111 cm³/mol. The van der Waals surface area contributed by atoms with Crippen molar-refractivity contribution in [3.8, 4) is 22.8 Å². The van der Waals surface area contributed by atoms with Crippen LogP contribution in [-0.2, 0) is 28.8 Å². The first kappa shape index (κ1) is 21.5. The number of aliphatic carboxylic acids is 1. The van der Waals surface area contributed by atoms with Gasteiger partial charge in [-0.3, -0.25) is 0 Å². The Morgan fingerprint density at radius 2 is 1.90 bits per heavy atom. The number of carbonyl (C=O) groups is 1. The van der Waals surface area contributed by atoms with Gasteiger partial charge in [0.2, 0.25) is 0 Å². The van der Waals surface area contributed by atoms with Crippen LogP contribution in [0.5, 0.6) is 5.75 Å². The van der Waals surface area contributed by atoms with Crippen LogP contribution >= 0.6 is 7.92 Å². The fourth-order valence-corrected chi connectivity index (χ4v) is 3.02. The Morgan fingerprint density at radius 3 is 2.63 bits per heavy atom. The van der Waals surface area contributed by atoms with E-state index in [1.807, 2.05) is 24.3 Å². The molecule has 152 valence electrons. The second kappa shape index (κ2) is 10.5. The number of hydrogen-bond donors (Lipinski definition) is 2. The van der Waals surface area contributed by atoms with Gasteiger partial charge >= 0.3 is 117 Å². The van der Waals surface area contributed by atoms with Crippen molar-refractivity contribution in [3.63, 3.8) is 0 Å². The predicted octanol–water partition coefficient (Wildman–Crippen LogP) is 3.50. The average Bonchev–Trinajstić information content (AvgIpc) is 2.77. The summed E-state index contributed by atoms with van der Waals surface area (Å²) >= 11 is 0. The number of para-hydroxylation sites is 1. The minimum atomic E-state index is -1.49. The van der Waals surface area contributed by atoms with Crippen LogP contribution in [0.25, 0.3) is 11.4 Å². The van der Waals surface area contributed by atoms with Crippen LogP contribution < -0.4 is 4.74 Å². The van der Waals surface area contributed by atoms with E-state index in [9.17, 15) is 14.5 Å². The first-order chi connectivity index (χ1) is 14.6. The van der Waals surface area contributed by atoms with E-state index in [1.54, 1.807) is 36.5 Å². The molecule has 0 aliphatic rings. The van der Waals surface area contributed by atoms with Crippen molar-refractivity contribution in [2.24, 2.45) is 0 Å². The van der Waals surface area contributed by atoms with E-state index in [0.29, 0.717) is 29.3 Å². The maximum atomic E-state index is 10.9. The molecule has 7 nitrogen and oxygen atoms in total. The van der Waals surface area contributed by atoms with Gasteiger partial charge in [0.1, 0.15) is 0 Å². The third-order valence-electron chi connectivity index (χ3n) is 4.32. The quantitative estimate of drug-likeness (QED) is 0.535. The average molecular weight is 422 g/mol. The number of aliphatic hydroxyl groups is 1. The molecule has 0 saturated heterocycles. The molecule has 0 fully saturated rings. The van der Waals surface area contributed by atoms with E-state index in [4.69, 9.17) is 9.84 Å². The monoisotopic (exact) mass is 422 g/mol. The molecular weight excluding hydrogens is 403 g/mol. The molecule has 1 atom stereocenters. The fraction of sp³-hybridized carbons (Fsp3) is 0.182. The molecule has 0 amide bonds. The second-order valence-corrected chi connectivity index (χ2v) is 6.95. The van der Waals surface area contributed by atoms with Crippen LogP contribution in [0.4, 0.5) is 0 Å². The Balaban J connectivity index is 1.71. The molecule has 0 bridgehead atoms. The Kier molecular flexibility index (Phi) is 7.52. The zero-order valence-electron chi connectivity index (χ0n) is 15.9. The van der Waals surface area contributed by atoms with Crippen molar-refractivity contribution in [1.29, 1.82) is 0 Å². The first-order valence-corrected chi connectivity index (χ1v) is 9.96. The Hall–Kier alpha value is -3.24. The van der Waals surface area contributed by atoms with E-state index in [-0.39, 0.29) is 20.9 Å². The molecule has 0 radical (unpaired) electrons. The van der Waals surface area contributed by atoms with Crippen molar-refractivity contribution in [2.45, 2.75) is 25.6 Å². The third-order valence-corrected chi connectivity index (χ3v) is 4.61. The molecule has 30 heavy (non-hydrogen) atoms. The van der Waals surface area contributed by atoms with Gasteiger partial charge in [0.25, 0.3) is 0 Å². The van der Waals surface area contributed by atoms with E-state index in [1.165, 1.54) is 0 Å². The number of benzene rings is 2. The van der Waals surface area contributed by atoms with Gasteiger partial charge in [-0.25, -0.2) is 4.79 Å². The molecule has 1 unspecified atom stereocenters. The number of aromatic nitrogens is 2. The zero-order valence-corrected chi connectivity index (χ0v) is 16.8. The van der Waals surface area contributed by atoms with Crippen LogP contribution in [0, 0.1) is 5.63 Å². The molecule has 0 saturated carbocycles. The Labute approximate surface area is 174 Å². The summed E-state index contributed by atoms with van der Waals surface area (Å²) in [5.74, 6) is -0.237. The molecule has 3 aromatic rings. The number of carboxylic acid groups (broad SMARTS) is 1. The zero-order chi connectivity index (χ0) is 21.3. The van der Waals surface area contributed by atoms with Crippen molar-refractivity contribution in [2.75, 3.05) is 0 Å². The van der Waals surface area contributed by atoms with E-state index in [2.05, 4.69) is 15.6 Å². The SMILES string of the molecule is O=P#CCc1ccc(-c2nccc(COc3ccccc3CC(O)C(=O)O)n2)cc1. The second-order valence-electron chi connectivity index (χ2n) is 6.45. The Bertz CT molecular complexity index is 1130. The van der Waals surface area contributed by atoms with Gasteiger partial charge in [-0.05, 0) is 11.6 Å². The van der Waals surface area contributed by atoms with Crippen LogP contribution in [0.1, 0.15) is 16.8 Å². The molecule has 8 heteroatoms. The van der Waals surface area contributed by atoms with Gasteiger partial charge in [0, 0.05) is 6.42 Å². The summed E-state index contributed by atoms with van der Waals surface area (Å²) in [6.45, 7) is 0.167. The molecule has 3 rings (SSSR count). The molecule has 0 aliphatic carbocycles. The van der Waals surface area contributed by atoms with Crippen LogP contribution in [0.2, 0.25) is 0 Å². The normalized spacial score (nSPS) is 11.4. The van der Waals surface area contributed by atoms with Crippen molar-refractivity contribution < 1.29 is 24.3 Å². The molecule has 0 spiro atoms. The molecular formula is C22H19N2O5P. The third kappa shape index (κ3) is 5.88. The number of hydrogen-bond acceptors (Lipinski definition) is 6. The summed E-state index contributed by atoms with van der Waals surface area (Å²) in [6.07, 6.45) is 0.600. The number of rotatable bonds is 8. The van der Waals surface area contributed by atoms with Gasteiger partial charge in [-0.2, -0.15) is 0 Å². The van der Waals surface area contributed by atoms with Gasteiger partial charge < -0.3 is 10.2 Å². The summed E-state index contributed by atoms with van der Waals surface area (Å²) in [7, 11) is -0.110. The van der Waals surface area contributed by atoms with Crippen molar-refractivity contribution in [3.05, 3.63) is 77.6 Å². The minimum absolute atomic E-state index is 0.0480. The van der Waals surface area contributed by atoms with E-state index in [0.717, 1.165) is 11.1 Å². The van der Waals surface area contributed by atoms with E-state index < -0.39 is 12.1 Å². The molecule has 2 aromatic carbocycles. The molecule has 2 N–H and O–H groups in total. The first-order valence-electron chi connectivity index (χ1n) is 9.15. The Morgan fingerprint density at radius 1 is 1.13 bits per heavy atom. The number of nitrogens with zero attached hydrogens (tertiary/aromatic N) is 2. The molecule has 0 aliphatic heterocycles. The van der Waals surface area contributed by atoms with Crippen molar-refractivity contribution >= 4 is 13.9 Å². The topological polar surface area (TPSA) is 110 Å². The van der Waals surface area contributed by atoms with Crippen LogP contribution in [0.3, 0.4) is 0 Å². The summed E-state index contributed by atoms with van der Waals surface area (Å²) in [5, 5.41) is 18.5. The summed E-state index contributed by atoms with van der Waals surface area (Å²) in [6, 6.07) is 16.3. The van der Waals surface area contributed by atoms with Crippen LogP contribution in [-0.4, -0.2) is 32.3 Å². The fourth-order valence-electron chi connectivity index (χ4n) is 2.77. The van der Waals surface area contributed by atoms with Gasteiger partial charge in [-0.1, -0.05) is 18.2 Å². The van der Waals surface area contributed by atoms with Gasteiger partial charge in [-0.15, -0.1) is 0 Å². The van der Waals surface area contributed by atoms with Crippen LogP contribution in [0.15, 0.2) is 60.8 Å². The summed E-state index contributed by atoms with van der Waals surface area (Å²) in [4.78, 5) is 19.7. The summed E-state index contributed by atoms with van der Waals surface area (Å²) < 4.78 is 16.3. The maximum absolute atomic E-state index is 10.9. The number of ether oxygens (including phenoxy) is 1. The van der Waals surface area contributed by atoms with Gasteiger partial charge in [0.15, 0.2) is 6.10 Å². The van der Waals surface area contributed by atoms with E-state index >= 15 is 0 Å². The van der Waals surface area contributed by atoms with Gasteiger partial charge in [0.05, 0.1) is 0 Å². The summed E-state index contributed by atoms with van der Waals surface area (Å²) in [5.41, 5.74) is 5.79. The molecule has 1 heterocycles. The number of carboxylic acids is 1.